The maximum absolute atomic E-state index is 13.0. The van der Waals surface area contributed by atoms with Crippen LogP contribution in [0.2, 0.25) is 0 Å². The number of rotatable bonds is 11. The number of nitrogens with zero attached hydrogens (tertiary/aromatic N) is 1. The molecule has 3 aliphatic heterocycles. The third kappa shape index (κ3) is 6.77. The van der Waals surface area contributed by atoms with Crippen LogP contribution in [0.3, 0.4) is 0 Å². The van der Waals surface area contributed by atoms with Crippen molar-refractivity contribution in [2.75, 3.05) is 33.1 Å². The van der Waals surface area contributed by atoms with Crippen molar-refractivity contribution in [3.8, 4) is 11.5 Å². The lowest BCUT2D eigenvalue weighted by Crippen LogP contribution is -2.50. The van der Waals surface area contributed by atoms with Crippen LogP contribution >= 0.6 is 0 Å². The molecule has 2 fully saturated rings. The zero-order valence-electron chi connectivity index (χ0n) is 22.1. The summed E-state index contributed by atoms with van der Waals surface area (Å²) in [6, 6.07) is 15.3. The summed E-state index contributed by atoms with van der Waals surface area (Å²) in [7, 11) is 0. The SMILES string of the molecule is CC(C)CN(Cc1ccc2c(c1)OCO2)C[C@@H](O)[C@H](Cc1ccccc1)NC(=O)O[C@H]1CO[C@H]2OCCC21. The van der Waals surface area contributed by atoms with E-state index in [1.807, 2.05) is 48.5 Å². The van der Waals surface area contributed by atoms with Crippen molar-refractivity contribution in [1.29, 1.82) is 0 Å². The molecule has 9 nitrogen and oxygen atoms in total. The van der Waals surface area contributed by atoms with E-state index in [2.05, 4.69) is 24.1 Å². The first-order chi connectivity index (χ1) is 18.4. The Hall–Kier alpha value is -2.85. The molecule has 9 heteroatoms. The average Bonchev–Trinajstić information content (AvgIpc) is 3.62. The maximum Gasteiger partial charge on any atom is 0.407 e. The number of aliphatic hydroxyl groups excluding tert-OH is 1. The van der Waals surface area contributed by atoms with Crippen molar-refractivity contribution < 1.29 is 33.6 Å². The topological polar surface area (TPSA) is 98.7 Å². The lowest BCUT2D eigenvalue weighted by Gasteiger charge is -2.31. The van der Waals surface area contributed by atoms with E-state index in [0.717, 1.165) is 35.6 Å². The van der Waals surface area contributed by atoms with E-state index in [1.165, 1.54) is 0 Å². The minimum absolute atomic E-state index is 0.0569. The second kappa shape index (κ2) is 12.3. The molecule has 0 saturated carbocycles. The summed E-state index contributed by atoms with van der Waals surface area (Å²) in [6.07, 6.45) is -0.717. The molecule has 0 spiro atoms. The van der Waals surface area contributed by atoms with Crippen molar-refractivity contribution >= 4 is 6.09 Å². The molecule has 5 atom stereocenters. The Bertz CT molecular complexity index is 1070. The number of carbonyl (C=O) groups is 1. The third-order valence-electron chi connectivity index (χ3n) is 7.22. The van der Waals surface area contributed by atoms with Crippen LogP contribution in [0.25, 0.3) is 0 Å². The number of carbonyl (C=O) groups excluding carboxylic acids is 1. The Balaban J connectivity index is 1.26. The predicted octanol–water partition coefficient (Wildman–Crippen LogP) is 3.33. The van der Waals surface area contributed by atoms with Gasteiger partial charge in [-0.15, -0.1) is 0 Å². The number of ether oxygens (including phenoxy) is 5. The highest BCUT2D eigenvalue weighted by molar-refractivity contribution is 5.68. The molecular formula is C29H38N2O7. The number of fused-ring (bicyclic) bond motifs is 2. The van der Waals surface area contributed by atoms with Crippen LogP contribution < -0.4 is 14.8 Å². The van der Waals surface area contributed by atoms with Gasteiger partial charge < -0.3 is 34.1 Å². The highest BCUT2D eigenvalue weighted by Gasteiger charge is 2.44. The second-order valence-corrected chi connectivity index (χ2v) is 10.8. The fourth-order valence-corrected chi connectivity index (χ4v) is 5.43. The fraction of sp³-hybridized carbons (Fsp3) is 0.552. The van der Waals surface area contributed by atoms with Gasteiger partial charge in [0.05, 0.1) is 31.3 Å². The molecule has 2 aromatic rings. The van der Waals surface area contributed by atoms with Gasteiger partial charge in [-0.05, 0) is 42.0 Å². The Morgan fingerprint density at radius 2 is 1.89 bits per heavy atom. The zero-order valence-corrected chi connectivity index (χ0v) is 22.1. The standard InChI is InChI=1S/C29H38N2O7/c1-19(2)14-31(15-21-8-9-25-26(13-21)37-18-36-25)16-24(32)23(12-20-6-4-3-5-7-20)30-29(33)38-27-17-35-28-22(27)10-11-34-28/h3-9,13,19,22-24,27-28,32H,10-12,14-18H2,1-2H3,(H,30,33)/t22?,23-,24+,27-,28+/m0/s1. The summed E-state index contributed by atoms with van der Waals surface area (Å²) in [5, 5.41) is 14.4. The monoisotopic (exact) mass is 526 g/mol. The van der Waals surface area contributed by atoms with Crippen molar-refractivity contribution in [1.82, 2.24) is 10.2 Å². The molecule has 3 heterocycles. The molecule has 0 radical (unpaired) electrons. The first-order valence-corrected chi connectivity index (χ1v) is 13.5. The van der Waals surface area contributed by atoms with Gasteiger partial charge in [-0.1, -0.05) is 50.2 Å². The first-order valence-electron chi connectivity index (χ1n) is 13.5. The average molecular weight is 527 g/mol. The van der Waals surface area contributed by atoms with Crippen LogP contribution in [0.5, 0.6) is 11.5 Å². The van der Waals surface area contributed by atoms with Crippen molar-refractivity contribution in [2.45, 2.75) is 57.8 Å². The van der Waals surface area contributed by atoms with Gasteiger partial charge in [0.25, 0.3) is 0 Å². The summed E-state index contributed by atoms with van der Waals surface area (Å²) in [6.45, 7) is 7.29. The first kappa shape index (κ1) is 26.7. The number of aliphatic hydroxyl groups is 1. The quantitative estimate of drug-likeness (QED) is 0.460. The molecule has 3 aliphatic rings. The van der Waals surface area contributed by atoms with Crippen LogP contribution in [-0.4, -0.2) is 73.7 Å². The number of nitrogens with one attached hydrogen (secondary N) is 1. The van der Waals surface area contributed by atoms with E-state index in [0.29, 0.717) is 38.6 Å². The number of amides is 1. The van der Waals surface area contributed by atoms with Crippen molar-refractivity contribution in [3.05, 3.63) is 59.7 Å². The van der Waals surface area contributed by atoms with Crippen molar-refractivity contribution in [3.63, 3.8) is 0 Å². The Morgan fingerprint density at radius 1 is 1.08 bits per heavy atom. The Labute approximate surface area is 224 Å². The van der Waals surface area contributed by atoms with Crippen LogP contribution in [-0.2, 0) is 27.2 Å². The van der Waals surface area contributed by atoms with Gasteiger partial charge >= 0.3 is 6.09 Å². The number of alkyl carbamates (subject to hydrolysis) is 1. The molecule has 1 unspecified atom stereocenters. The van der Waals surface area contributed by atoms with Gasteiger partial charge in [-0.3, -0.25) is 4.90 Å². The van der Waals surface area contributed by atoms with E-state index >= 15 is 0 Å². The normalized spacial score (nSPS) is 23.4. The van der Waals surface area contributed by atoms with Gasteiger partial charge in [0.2, 0.25) is 6.79 Å². The summed E-state index contributed by atoms with van der Waals surface area (Å²) in [5.41, 5.74) is 2.10. The molecule has 206 valence electrons. The third-order valence-corrected chi connectivity index (χ3v) is 7.22. The van der Waals surface area contributed by atoms with Crippen molar-refractivity contribution in [2.24, 2.45) is 11.8 Å². The molecule has 2 aromatic carbocycles. The summed E-state index contributed by atoms with van der Waals surface area (Å²) in [4.78, 5) is 15.2. The van der Waals surface area contributed by atoms with Gasteiger partial charge in [0.1, 0.15) is 6.10 Å². The lowest BCUT2D eigenvalue weighted by molar-refractivity contribution is -0.0907. The highest BCUT2D eigenvalue weighted by Crippen LogP contribution is 2.34. The van der Waals surface area contributed by atoms with Gasteiger partial charge in [-0.25, -0.2) is 4.79 Å². The Kier molecular flexibility index (Phi) is 8.68. The van der Waals surface area contributed by atoms with Crippen LogP contribution in [0, 0.1) is 11.8 Å². The molecular weight excluding hydrogens is 488 g/mol. The van der Waals surface area contributed by atoms with Crippen LogP contribution in [0.15, 0.2) is 48.5 Å². The second-order valence-electron chi connectivity index (χ2n) is 10.8. The van der Waals surface area contributed by atoms with E-state index in [4.69, 9.17) is 23.7 Å². The molecule has 2 N–H and O–H groups in total. The predicted molar refractivity (Wildman–Crippen MR) is 140 cm³/mol. The fourth-order valence-electron chi connectivity index (χ4n) is 5.43. The number of hydrogen-bond acceptors (Lipinski definition) is 8. The van der Waals surface area contributed by atoms with E-state index < -0.39 is 18.2 Å². The van der Waals surface area contributed by atoms with Gasteiger partial charge in [0, 0.05) is 19.6 Å². The van der Waals surface area contributed by atoms with Gasteiger partial charge in [-0.2, -0.15) is 0 Å². The van der Waals surface area contributed by atoms with Gasteiger partial charge in [0.15, 0.2) is 17.8 Å². The lowest BCUT2D eigenvalue weighted by atomic mass is 10.00. The summed E-state index contributed by atoms with van der Waals surface area (Å²) < 4.78 is 27.9. The molecule has 2 saturated heterocycles. The molecule has 0 bridgehead atoms. The summed E-state index contributed by atoms with van der Waals surface area (Å²) in [5.74, 6) is 1.94. The Morgan fingerprint density at radius 3 is 2.71 bits per heavy atom. The smallest absolute Gasteiger partial charge is 0.407 e. The number of benzene rings is 2. The minimum atomic E-state index is -0.821. The molecule has 1 amide bonds. The molecule has 0 aromatic heterocycles. The van der Waals surface area contributed by atoms with E-state index in [-0.39, 0.29) is 25.1 Å². The molecule has 38 heavy (non-hydrogen) atoms. The zero-order chi connectivity index (χ0) is 26.5. The number of hydrogen-bond donors (Lipinski definition) is 2. The highest BCUT2D eigenvalue weighted by atomic mass is 16.7. The summed E-state index contributed by atoms with van der Waals surface area (Å²) >= 11 is 0. The van der Waals surface area contributed by atoms with E-state index in [1.54, 1.807) is 0 Å². The van der Waals surface area contributed by atoms with Crippen LogP contribution in [0.1, 0.15) is 31.4 Å². The minimum Gasteiger partial charge on any atom is -0.454 e. The largest absolute Gasteiger partial charge is 0.454 e. The molecule has 0 aliphatic carbocycles. The van der Waals surface area contributed by atoms with Crippen LogP contribution in [0.4, 0.5) is 4.79 Å². The maximum atomic E-state index is 13.0. The van der Waals surface area contributed by atoms with E-state index in [9.17, 15) is 9.90 Å². The molecule has 5 rings (SSSR count).